The standard InChI is InChI=1S/C30H41Cl2N3O4S/c1-5-27(30(37)33-23-13-7-6-8-14-23)34(20-24-25(31)15-10-16-26(24)32)29(36)18-11-19-35(40(4,38)39)28-17-9-12-21(2)22(28)3/h9-10,12,15-17,23,27H,5-8,11,13-14,18-20H2,1-4H3,(H,33,37)/t27-/m1/s1. The SMILES string of the molecule is CC[C@H](C(=O)NC1CCCCC1)N(Cc1c(Cl)cccc1Cl)C(=O)CCCN(c1cccc(C)c1C)S(C)(=O)=O. The summed E-state index contributed by atoms with van der Waals surface area (Å²) in [6, 6.07) is 10.1. The number of hydrogen-bond donors (Lipinski definition) is 1. The molecule has 0 saturated heterocycles. The molecule has 2 aromatic carbocycles. The fourth-order valence-corrected chi connectivity index (χ4v) is 6.84. The van der Waals surface area contributed by atoms with E-state index in [1.807, 2.05) is 32.9 Å². The molecule has 3 rings (SSSR count). The first-order valence-corrected chi connectivity index (χ1v) is 16.6. The van der Waals surface area contributed by atoms with Gasteiger partial charge >= 0.3 is 0 Å². The summed E-state index contributed by atoms with van der Waals surface area (Å²) in [5.74, 6) is -0.435. The Morgan fingerprint density at radius 1 is 1.02 bits per heavy atom. The monoisotopic (exact) mass is 609 g/mol. The van der Waals surface area contributed by atoms with Crippen molar-refractivity contribution >= 4 is 50.7 Å². The molecule has 1 N–H and O–H groups in total. The molecule has 1 fully saturated rings. The van der Waals surface area contributed by atoms with Crippen molar-refractivity contribution in [1.29, 1.82) is 0 Å². The third kappa shape index (κ3) is 8.37. The van der Waals surface area contributed by atoms with Crippen LogP contribution in [0.3, 0.4) is 0 Å². The summed E-state index contributed by atoms with van der Waals surface area (Å²) in [6.07, 6.45) is 7.14. The minimum Gasteiger partial charge on any atom is -0.352 e. The van der Waals surface area contributed by atoms with Gasteiger partial charge in [0.05, 0.1) is 11.9 Å². The van der Waals surface area contributed by atoms with Gasteiger partial charge < -0.3 is 10.2 Å². The highest BCUT2D eigenvalue weighted by Crippen LogP contribution is 2.29. The first-order valence-electron chi connectivity index (χ1n) is 14.0. The molecule has 2 aromatic rings. The van der Waals surface area contributed by atoms with E-state index in [0.29, 0.717) is 27.7 Å². The zero-order valence-corrected chi connectivity index (χ0v) is 26.2. The van der Waals surface area contributed by atoms with E-state index < -0.39 is 16.1 Å². The summed E-state index contributed by atoms with van der Waals surface area (Å²) in [5, 5.41) is 4.01. The van der Waals surface area contributed by atoms with Crippen LogP contribution >= 0.6 is 23.2 Å². The van der Waals surface area contributed by atoms with Crippen molar-refractivity contribution in [3.8, 4) is 0 Å². The highest BCUT2D eigenvalue weighted by molar-refractivity contribution is 7.92. The van der Waals surface area contributed by atoms with Crippen LogP contribution < -0.4 is 9.62 Å². The summed E-state index contributed by atoms with van der Waals surface area (Å²) in [7, 11) is -3.58. The number of amides is 2. The van der Waals surface area contributed by atoms with Crippen molar-refractivity contribution in [3.05, 3.63) is 63.1 Å². The molecule has 1 saturated carbocycles. The number of benzene rings is 2. The third-order valence-corrected chi connectivity index (χ3v) is 9.61. The van der Waals surface area contributed by atoms with Crippen molar-refractivity contribution in [2.75, 3.05) is 17.1 Å². The van der Waals surface area contributed by atoms with E-state index >= 15 is 0 Å². The number of nitrogens with zero attached hydrogens (tertiary/aromatic N) is 2. The molecule has 40 heavy (non-hydrogen) atoms. The lowest BCUT2D eigenvalue weighted by molar-refractivity contribution is -0.141. The van der Waals surface area contributed by atoms with Gasteiger partial charge in [0.2, 0.25) is 21.8 Å². The molecule has 1 aliphatic rings. The second kappa shape index (κ2) is 14.6. The number of halogens is 2. The lowest BCUT2D eigenvalue weighted by Gasteiger charge is -2.33. The van der Waals surface area contributed by atoms with Gasteiger partial charge in [0.25, 0.3) is 0 Å². The van der Waals surface area contributed by atoms with Gasteiger partial charge in [-0.1, -0.05) is 67.6 Å². The molecule has 0 radical (unpaired) electrons. The normalized spacial score (nSPS) is 14.9. The largest absolute Gasteiger partial charge is 0.352 e. The zero-order valence-electron chi connectivity index (χ0n) is 23.9. The maximum absolute atomic E-state index is 13.7. The molecule has 0 bridgehead atoms. The van der Waals surface area contributed by atoms with E-state index in [4.69, 9.17) is 23.2 Å². The first-order chi connectivity index (χ1) is 18.9. The molecule has 7 nitrogen and oxygen atoms in total. The maximum Gasteiger partial charge on any atom is 0.243 e. The summed E-state index contributed by atoms with van der Waals surface area (Å²) in [5.41, 5.74) is 3.05. The number of anilines is 1. The van der Waals surface area contributed by atoms with Gasteiger partial charge in [-0.05, 0) is 68.9 Å². The fraction of sp³-hybridized carbons (Fsp3) is 0.533. The van der Waals surface area contributed by atoms with Gasteiger partial charge in [0.1, 0.15) is 6.04 Å². The topological polar surface area (TPSA) is 86.8 Å². The molecule has 0 unspecified atom stereocenters. The number of aryl methyl sites for hydroxylation is 1. The van der Waals surface area contributed by atoms with Crippen molar-refractivity contribution in [2.24, 2.45) is 0 Å². The smallest absolute Gasteiger partial charge is 0.243 e. The Labute approximate surface area is 249 Å². The molecule has 0 aliphatic heterocycles. The van der Waals surface area contributed by atoms with E-state index in [2.05, 4.69) is 5.32 Å². The maximum atomic E-state index is 13.7. The summed E-state index contributed by atoms with van der Waals surface area (Å²) < 4.78 is 26.8. The Morgan fingerprint density at radius 2 is 1.65 bits per heavy atom. The van der Waals surface area contributed by atoms with Crippen LogP contribution in [0.25, 0.3) is 0 Å². The van der Waals surface area contributed by atoms with Gasteiger partial charge in [-0.3, -0.25) is 13.9 Å². The van der Waals surface area contributed by atoms with E-state index in [1.165, 1.54) is 17.0 Å². The second-order valence-electron chi connectivity index (χ2n) is 10.6. The van der Waals surface area contributed by atoms with Gasteiger partial charge in [-0.25, -0.2) is 8.42 Å². The Bertz CT molecular complexity index is 1280. The quantitative estimate of drug-likeness (QED) is 0.301. The van der Waals surface area contributed by atoms with Crippen LogP contribution in [0.5, 0.6) is 0 Å². The van der Waals surface area contributed by atoms with E-state index in [9.17, 15) is 18.0 Å². The highest BCUT2D eigenvalue weighted by atomic mass is 35.5. The average molecular weight is 611 g/mol. The van der Waals surface area contributed by atoms with Gasteiger partial charge in [-0.15, -0.1) is 0 Å². The van der Waals surface area contributed by atoms with Crippen molar-refractivity contribution in [1.82, 2.24) is 10.2 Å². The van der Waals surface area contributed by atoms with Gasteiger partial charge in [0, 0.05) is 41.2 Å². The summed E-state index contributed by atoms with van der Waals surface area (Å²) in [6.45, 7) is 5.93. The molecule has 1 aliphatic carbocycles. The van der Waals surface area contributed by atoms with Crippen LogP contribution in [-0.4, -0.2) is 50.0 Å². The summed E-state index contributed by atoms with van der Waals surface area (Å²) in [4.78, 5) is 28.8. The van der Waals surface area contributed by atoms with Crippen LogP contribution in [0.15, 0.2) is 36.4 Å². The number of nitrogens with one attached hydrogen (secondary N) is 1. The second-order valence-corrected chi connectivity index (χ2v) is 13.4. The predicted octanol–water partition coefficient (Wildman–Crippen LogP) is 6.41. The van der Waals surface area contributed by atoms with Gasteiger partial charge in [-0.2, -0.15) is 0 Å². The van der Waals surface area contributed by atoms with Crippen LogP contribution in [0.2, 0.25) is 10.0 Å². The highest BCUT2D eigenvalue weighted by Gasteiger charge is 2.31. The minimum absolute atomic E-state index is 0.0617. The van der Waals surface area contributed by atoms with Crippen LogP contribution in [0.1, 0.15) is 75.0 Å². The number of rotatable bonds is 12. The number of sulfonamides is 1. The molecule has 0 spiro atoms. The molecule has 1 atom stereocenters. The van der Waals surface area contributed by atoms with Gasteiger partial charge in [0.15, 0.2) is 0 Å². The van der Waals surface area contributed by atoms with Crippen molar-refractivity contribution in [2.45, 2.75) is 90.8 Å². The molecular formula is C30H41Cl2N3O4S. The molecule has 10 heteroatoms. The first kappa shape index (κ1) is 32.2. The van der Waals surface area contributed by atoms with Crippen LogP contribution in [0, 0.1) is 13.8 Å². The van der Waals surface area contributed by atoms with Crippen LogP contribution in [-0.2, 0) is 26.2 Å². The Hall–Kier alpha value is -2.29. The predicted molar refractivity (Wildman–Crippen MR) is 163 cm³/mol. The summed E-state index contributed by atoms with van der Waals surface area (Å²) >= 11 is 12.9. The van der Waals surface area contributed by atoms with Crippen molar-refractivity contribution in [3.63, 3.8) is 0 Å². The van der Waals surface area contributed by atoms with Crippen molar-refractivity contribution < 1.29 is 18.0 Å². The average Bonchev–Trinajstić information content (AvgIpc) is 2.90. The zero-order chi connectivity index (χ0) is 29.4. The number of carbonyl (C=O) groups excluding carboxylic acids is 2. The Morgan fingerprint density at radius 3 is 2.25 bits per heavy atom. The Kier molecular flexibility index (Phi) is 11.7. The van der Waals surface area contributed by atoms with Crippen LogP contribution in [0.4, 0.5) is 5.69 Å². The fourth-order valence-electron chi connectivity index (χ4n) is 5.31. The third-order valence-electron chi connectivity index (χ3n) is 7.72. The molecule has 220 valence electrons. The molecule has 0 aromatic heterocycles. The minimum atomic E-state index is -3.58. The Balaban J connectivity index is 1.82. The van der Waals surface area contributed by atoms with E-state index in [0.717, 1.165) is 36.8 Å². The van der Waals surface area contributed by atoms with E-state index in [1.54, 1.807) is 29.2 Å². The lowest BCUT2D eigenvalue weighted by atomic mass is 9.95. The number of hydrogen-bond acceptors (Lipinski definition) is 4. The number of carbonyl (C=O) groups is 2. The lowest BCUT2D eigenvalue weighted by Crippen LogP contribution is -2.51. The van der Waals surface area contributed by atoms with E-state index in [-0.39, 0.29) is 43.8 Å². The molecular weight excluding hydrogens is 569 g/mol. The molecule has 0 heterocycles. The molecule has 2 amide bonds.